The van der Waals surface area contributed by atoms with Gasteiger partial charge in [-0.2, -0.15) is 0 Å². The van der Waals surface area contributed by atoms with Crippen molar-refractivity contribution in [3.8, 4) is 11.5 Å². The molecule has 0 radical (unpaired) electrons. The van der Waals surface area contributed by atoms with Crippen molar-refractivity contribution in [3.63, 3.8) is 0 Å². The molecule has 0 aromatic heterocycles. The molecule has 0 bridgehead atoms. The Labute approximate surface area is 389 Å². The molecule has 0 N–H and O–H groups in total. The summed E-state index contributed by atoms with van der Waals surface area (Å²) in [5.74, 6) is 8.00. The van der Waals surface area contributed by atoms with Gasteiger partial charge >= 0.3 is 0 Å². The molecule has 7 aliphatic carbocycles. The van der Waals surface area contributed by atoms with Crippen LogP contribution in [0.25, 0.3) is 5.57 Å². The first-order valence-electron chi connectivity index (χ1n) is 25.4. The fraction of sp³-hybridized carbons (Fsp3) is 0.375. The lowest BCUT2D eigenvalue weighted by molar-refractivity contribution is 0.296. The predicted molar refractivity (Wildman–Crippen MR) is 270 cm³/mol. The minimum atomic E-state index is -0.0313. The molecule has 328 valence electrons. The zero-order valence-corrected chi connectivity index (χ0v) is 38.8. The van der Waals surface area contributed by atoms with E-state index in [0.717, 1.165) is 24.5 Å². The summed E-state index contributed by atoms with van der Waals surface area (Å²) in [4.78, 5) is 0. The van der Waals surface area contributed by atoms with Crippen molar-refractivity contribution in [2.45, 2.75) is 107 Å². The van der Waals surface area contributed by atoms with Crippen LogP contribution in [0.3, 0.4) is 0 Å². The van der Waals surface area contributed by atoms with E-state index in [0.29, 0.717) is 53.3 Å². The van der Waals surface area contributed by atoms with Gasteiger partial charge in [-0.05, 0) is 157 Å². The zero-order valence-electron chi connectivity index (χ0n) is 38.8. The summed E-state index contributed by atoms with van der Waals surface area (Å²) in [5.41, 5.74) is 13.7. The average molecular weight is 851 g/mol. The van der Waals surface area contributed by atoms with Crippen molar-refractivity contribution >= 4 is 5.57 Å². The van der Waals surface area contributed by atoms with E-state index in [1.807, 2.05) is 0 Å². The third-order valence-corrected chi connectivity index (χ3v) is 18.0. The Morgan fingerprint density at radius 1 is 0.738 bits per heavy atom. The second-order valence-corrected chi connectivity index (χ2v) is 21.6. The van der Waals surface area contributed by atoms with E-state index in [1.165, 1.54) is 72.9 Å². The topological polar surface area (TPSA) is 9.23 Å². The number of benzene rings is 4. The summed E-state index contributed by atoms with van der Waals surface area (Å²) in [6, 6.07) is 35.2. The van der Waals surface area contributed by atoms with Gasteiger partial charge in [0, 0.05) is 28.4 Å². The van der Waals surface area contributed by atoms with Gasteiger partial charge in [0.15, 0.2) is 0 Å². The van der Waals surface area contributed by atoms with E-state index in [4.69, 9.17) is 4.74 Å². The number of ether oxygens (including phenoxy) is 1. The minimum absolute atomic E-state index is 0.0313. The number of hydrogen-bond donors (Lipinski definition) is 0. The van der Waals surface area contributed by atoms with Crippen LogP contribution in [0.1, 0.15) is 135 Å². The highest BCUT2D eigenvalue weighted by atomic mass is 16.5. The van der Waals surface area contributed by atoms with Crippen molar-refractivity contribution in [2.24, 2.45) is 41.4 Å². The van der Waals surface area contributed by atoms with Crippen LogP contribution in [0.15, 0.2) is 182 Å². The minimum Gasteiger partial charge on any atom is -0.456 e. The number of allylic oxidation sites excluding steroid dienone is 16. The lowest BCUT2D eigenvalue weighted by atomic mass is 9.72. The number of fused-ring (bicyclic) bond motifs is 8. The molecule has 4 aromatic rings. The first-order valence-corrected chi connectivity index (χ1v) is 25.4. The van der Waals surface area contributed by atoms with Crippen LogP contribution < -0.4 is 4.74 Å². The molecule has 9 unspecified atom stereocenters. The molecule has 1 spiro atoms. The summed E-state index contributed by atoms with van der Waals surface area (Å²) >= 11 is 0. The van der Waals surface area contributed by atoms with Crippen molar-refractivity contribution in [3.05, 3.63) is 221 Å². The second-order valence-electron chi connectivity index (χ2n) is 21.6. The molecule has 12 rings (SSSR count). The second kappa shape index (κ2) is 16.5. The lowest BCUT2D eigenvalue weighted by Crippen LogP contribution is -2.24. The van der Waals surface area contributed by atoms with Crippen molar-refractivity contribution < 1.29 is 4.74 Å². The molecule has 1 heteroatoms. The molecule has 3 fully saturated rings. The van der Waals surface area contributed by atoms with E-state index in [1.54, 1.807) is 27.8 Å². The zero-order chi connectivity index (χ0) is 43.7. The van der Waals surface area contributed by atoms with Gasteiger partial charge in [-0.25, -0.2) is 0 Å². The van der Waals surface area contributed by atoms with Crippen LogP contribution in [0.2, 0.25) is 0 Å². The van der Waals surface area contributed by atoms with E-state index in [2.05, 4.69) is 197 Å². The molecule has 4 aromatic carbocycles. The third kappa shape index (κ3) is 6.85. The summed E-state index contributed by atoms with van der Waals surface area (Å²) in [7, 11) is 0. The maximum absolute atomic E-state index is 7.13. The molecule has 65 heavy (non-hydrogen) atoms. The SMILES string of the molecule is C/C=C\C=C/CC1C(C2C=CC=CC2)C12c1ccccc1Oc1c(C3CCC(CCC(C4=CC=C(c5ccccc5)C5CC45)c4ccc5c(c4)C(C)(C)C4C=CC=CC54)CC3)cccc12. The highest BCUT2D eigenvalue weighted by molar-refractivity contribution is 5.74. The van der Waals surface area contributed by atoms with Gasteiger partial charge in [-0.1, -0.05) is 189 Å². The van der Waals surface area contributed by atoms with Crippen LogP contribution in [-0.4, -0.2) is 0 Å². The smallest absolute Gasteiger partial charge is 0.135 e. The summed E-state index contributed by atoms with van der Waals surface area (Å²) in [6.45, 7) is 7.09. The predicted octanol–water partition coefficient (Wildman–Crippen LogP) is 16.6. The first kappa shape index (κ1) is 41.1. The first-order chi connectivity index (χ1) is 32.0. The summed E-state index contributed by atoms with van der Waals surface area (Å²) in [5, 5.41) is 0. The van der Waals surface area contributed by atoms with Crippen molar-refractivity contribution in [1.82, 2.24) is 0 Å². The molecule has 1 aliphatic heterocycles. The third-order valence-electron chi connectivity index (χ3n) is 18.0. The monoisotopic (exact) mass is 851 g/mol. The molecule has 1 heterocycles. The van der Waals surface area contributed by atoms with Gasteiger partial charge in [0.2, 0.25) is 0 Å². The quantitative estimate of drug-likeness (QED) is 0.137. The fourth-order valence-corrected chi connectivity index (χ4v) is 14.7. The Kier molecular flexibility index (Phi) is 10.4. The van der Waals surface area contributed by atoms with Crippen LogP contribution in [0.5, 0.6) is 11.5 Å². The van der Waals surface area contributed by atoms with Gasteiger partial charge < -0.3 is 4.74 Å². The highest BCUT2D eigenvalue weighted by Gasteiger charge is 2.70. The van der Waals surface area contributed by atoms with Crippen LogP contribution >= 0.6 is 0 Å². The molecule has 9 atom stereocenters. The molecule has 3 saturated carbocycles. The summed E-state index contributed by atoms with van der Waals surface area (Å²) < 4.78 is 7.13. The summed E-state index contributed by atoms with van der Waals surface area (Å²) in [6.07, 6.45) is 44.0. The molecular weight excluding hydrogens is 785 g/mol. The Morgan fingerprint density at radius 3 is 2.40 bits per heavy atom. The Bertz CT molecular complexity index is 2720. The van der Waals surface area contributed by atoms with E-state index >= 15 is 0 Å². The highest BCUT2D eigenvalue weighted by Crippen LogP contribution is 2.74. The number of rotatable bonds is 11. The molecule has 0 saturated heterocycles. The van der Waals surface area contributed by atoms with E-state index in [9.17, 15) is 0 Å². The maximum Gasteiger partial charge on any atom is 0.135 e. The number of hydrogen-bond acceptors (Lipinski definition) is 1. The van der Waals surface area contributed by atoms with Gasteiger partial charge in [0.05, 0.1) is 0 Å². The Hall–Kier alpha value is -5.40. The van der Waals surface area contributed by atoms with Gasteiger partial charge in [0.25, 0.3) is 0 Å². The maximum atomic E-state index is 7.13. The fourth-order valence-electron chi connectivity index (χ4n) is 14.7. The Morgan fingerprint density at radius 2 is 1.55 bits per heavy atom. The standard InChI is InChI=1S/C64H66O/c1-4-5-6-13-27-57-61(45-21-11-8-12-22-45)64(57)56-26-16-17-29-60(56)65-62-49(24-18-28-58(62)64)44-33-30-42(31-34-44)32-36-48(50-39-38-47(53-41-54(50)53)43-19-9-7-10-20-43)46-35-37-52-51-23-14-15-25-55(51)63(2,3)59(52)40-46/h4-21,23-26,28-29,35,37-40,42,44-45,48,51,53-55,57,61H,22,27,30-34,36,41H2,1-3H3/b5-4-,13-6-. The largest absolute Gasteiger partial charge is 0.456 e. The van der Waals surface area contributed by atoms with E-state index < -0.39 is 0 Å². The van der Waals surface area contributed by atoms with Gasteiger partial charge in [0.1, 0.15) is 11.5 Å². The normalized spacial score (nSPS) is 32.3. The van der Waals surface area contributed by atoms with Gasteiger partial charge in [-0.15, -0.1) is 0 Å². The molecule has 8 aliphatic rings. The molecule has 0 amide bonds. The Balaban J connectivity index is 0.815. The van der Waals surface area contributed by atoms with Crippen molar-refractivity contribution in [1.29, 1.82) is 0 Å². The number of para-hydroxylation sites is 2. The van der Waals surface area contributed by atoms with Crippen LogP contribution in [0, 0.1) is 41.4 Å². The average Bonchev–Trinajstić information content (AvgIpc) is 4.27. The lowest BCUT2D eigenvalue weighted by Gasteiger charge is -2.36. The molecule has 1 nitrogen and oxygen atoms in total. The van der Waals surface area contributed by atoms with Crippen molar-refractivity contribution in [2.75, 3.05) is 0 Å². The van der Waals surface area contributed by atoms with Crippen LogP contribution in [0.4, 0.5) is 0 Å². The van der Waals surface area contributed by atoms with E-state index in [-0.39, 0.29) is 10.8 Å². The van der Waals surface area contributed by atoms with Gasteiger partial charge in [-0.3, -0.25) is 0 Å². The molecular formula is C64H66O. The van der Waals surface area contributed by atoms with Crippen LogP contribution in [-0.2, 0) is 10.8 Å².